The minimum absolute atomic E-state index is 0.000905. The molecule has 1 atom stereocenters. The van der Waals surface area contributed by atoms with E-state index in [4.69, 9.17) is 0 Å². The summed E-state index contributed by atoms with van der Waals surface area (Å²) in [5.41, 5.74) is 0.211. The lowest BCUT2D eigenvalue weighted by molar-refractivity contribution is 0.205. The van der Waals surface area contributed by atoms with Gasteiger partial charge >= 0.3 is 6.03 Å². The highest BCUT2D eigenvalue weighted by atomic mass is 32.2. The van der Waals surface area contributed by atoms with Crippen LogP contribution in [0, 0.1) is 17.6 Å². The molecule has 8 heteroatoms. The van der Waals surface area contributed by atoms with Crippen LogP contribution < -0.4 is 5.32 Å². The number of nitrogens with one attached hydrogen (secondary N) is 1. The monoisotopic (exact) mass is 332 g/mol. The Bertz CT molecular complexity index is 664. The summed E-state index contributed by atoms with van der Waals surface area (Å²) in [5.74, 6) is -1.21. The molecule has 122 valence electrons. The second-order valence-electron chi connectivity index (χ2n) is 5.55. The maximum absolute atomic E-state index is 13.5. The van der Waals surface area contributed by atoms with E-state index in [1.54, 1.807) is 0 Å². The second-order valence-corrected chi connectivity index (χ2v) is 7.78. The average molecular weight is 332 g/mol. The molecule has 0 aromatic heterocycles. The number of carbonyl (C=O) groups is 1. The van der Waals surface area contributed by atoms with Crippen molar-refractivity contribution in [2.24, 2.45) is 5.92 Å². The summed E-state index contributed by atoms with van der Waals surface area (Å²) in [6.45, 7) is 0.273. The Balaban J connectivity index is 1.84. The fourth-order valence-corrected chi connectivity index (χ4v) is 4.24. The number of benzene rings is 1. The second kappa shape index (κ2) is 6.60. The number of urea groups is 1. The maximum Gasteiger partial charge on any atom is 0.317 e. The van der Waals surface area contributed by atoms with Crippen molar-refractivity contribution in [2.45, 2.75) is 13.0 Å². The van der Waals surface area contributed by atoms with Crippen LogP contribution in [0.15, 0.2) is 18.2 Å². The van der Waals surface area contributed by atoms with Crippen molar-refractivity contribution < 1.29 is 22.0 Å². The van der Waals surface area contributed by atoms with E-state index < -0.39 is 27.5 Å². The zero-order chi connectivity index (χ0) is 16.3. The van der Waals surface area contributed by atoms with Gasteiger partial charge in [0.2, 0.25) is 0 Å². The fraction of sp³-hybridized carbons (Fsp3) is 0.500. The number of carbonyl (C=O) groups excluding carboxylic acids is 1. The molecule has 1 aromatic rings. The average Bonchev–Trinajstić information content (AvgIpc) is 2.78. The van der Waals surface area contributed by atoms with Crippen LogP contribution in [0.5, 0.6) is 0 Å². The third-order valence-electron chi connectivity index (χ3n) is 3.64. The number of halogens is 2. The first-order valence-electron chi connectivity index (χ1n) is 6.90. The van der Waals surface area contributed by atoms with Gasteiger partial charge in [-0.3, -0.25) is 0 Å². The molecule has 1 aliphatic rings. The summed E-state index contributed by atoms with van der Waals surface area (Å²) in [4.78, 5) is 13.2. The minimum Gasteiger partial charge on any atom is -0.338 e. The Hall–Kier alpha value is -1.70. The number of amides is 2. The van der Waals surface area contributed by atoms with E-state index in [2.05, 4.69) is 5.32 Å². The highest BCUT2D eigenvalue weighted by Gasteiger charge is 2.28. The number of hydrogen-bond acceptors (Lipinski definition) is 3. The summed E-state index contributed by atoms with van der Waals surface area (Å²) >= 11 is 0. The SMILES string of the molecule is CN(Cc1ccc(F)cc1F)C(=O)NC[C@H]1CCS(=O)(=O)C1. The standard InChI is InChI=1S/C14H18F2N2O3S/c1-18(8-11-2-3-12(15)6-13(11)16)14(19)17-7-10-4-5-22(20,21)9-10/h2-3,6,10H,4-5,7-9H2,1H3,(H,17,19)/t10-/m1/s1. The quantitative estimate of drug-likeness (QED) is 0.909. The van der Waals surface area contributed by atoms with E-state index >= 15 is 0 Å². The molecule has 0 spiro atoms. The Morgan fingerprint density at radius 3 is 2.73 bits per heavy atom. The van der Waals surface area contributed by atoms with Gasteiger partial charge in [0, 0.05) is 31.8 Å². The van der Waals surface area contributed by atoms with Crippen molar-refractivity contribution in [1.82, 2.24) is 10.2 Å². The minimum atomic E-state index is -2.97. The summed E-state index contributed by atoms with van der Waals surface area (Å²) in [6.07, 6.45) is 0.541. The molecule has 0 saturated carbocycles. The van der Waals surface area contributed by atoms with Crippen LogP contribution in [0.2, 0.25) is 0 Å². The zero-order valence-corrected chi connectivity index (χ0v) is 13.0. The molecule has 1 saturated heterocycles. The van der Waals surface area contributed by atoms with Crippen LogP contribution in [0.25, 0.3) is 0 Å². The molecule has 2 amide bonds. The topological polar surface area (TPSA) is 66.5 Å². The Kier molecular flexibility index (Phi) is 5.00. The van der Waals surface area contributed by atoms with Gasteiger partial charge in [0.15, 0.2) is 9.84 Å². The van der Waals surface area contributed by atoms with Gasteiger partial charge in [0.05, 0.1) is 11.5 Å². The highest BCUT2D eigenvalue weighted by molar-refractivity contribution is 7.91. The first-order valence-corrected chi connectivity index (χ1v) is 8.72. The lowest BCUT2D eigenvalue weighted by Gasteiger charge is -2.19. The van der Waals surface area contributed by atoms with Gasteiger partial charge in [-0.15, -0.1) is 0 Å². The van der Waals surface area contributed by atoms with E-state index in [0.29, 0.717) is 6.42 Å². The van der Waals surface area contributed by atoms with Gasteiger partial charge in [-0.2, -0.15) is 0 Å². The molecular formula is C14H18F2N2O3S. The predicted molar refractivity (Wildman–Crippen MR) is 78.0 cm³/mol. The van der Waals surface area contributed by atoms with Crippen molar-refractivity contribution in [2.75, 3.05) is 25.1 Å². The maximum atomic E-state index is 13.5. The van der Waals surface area contributed by atoms with Crippen LogP contribution >= 0.6 is 0 Å². The largest absolute Gasteiger partial charge is 0.338 e. The zero-order valence-electron chi connectivity index (χ0n) is 12.2. The highest BCUT2D eigenvalue weighted by Crippen LogP contribution is 2.17. The number of sulfone groups is 1. The molecule has 0 bridgehead atoms. The molecule has 0 aliphatic carbocycles. The van der Waals surface area contributed by atoms with Crippen LogP contribution in [-0.2, 0) is 16.4 Å². The molecule has 1 aliphatic heterocycles. The third kappa shape index (κ3) is 4.40. The smallest absolute Gasteiger partial charge is 0.317 e. The van der Waals surface area contributed by atoms with E-state index in [0.717, 1.165) is 12.1 Å². The molecule has 0 unspecified atom stereocenters. The summed E-state index contributed by atoms with van der Waals surface area (Å²) < 4.78 is 49.0. The molecule has 1 fully saturated rings. The van der Waals surface area contributed by atoms with Gasteiger partial charge in [-0.1, -0.05) is 6.07 Å². The lowest BCUT2D eigenvalue weighted by Crippen LogP contribution is -2.39. The van der Waals surface area contributed by atoms with Gasteiger partial charge in [0.1, 0.15) is 11.6 Å². The normalized spacial score (nSPS) is 19.9. The fourth-order valence-electron chi connectivity index (χ4n) is 2.38. The van der Waals surface area contributed by atoms with Crippen LogP contribution in [-0.4, -0.2) is 44.4 Å². The molecule has 5 nitrogen and oxygen atoms in total. The Morgan fingerprint density at radius 1 is 1.41 bits per heavy atom. The molecule has 1 aromatic carbocycles. The van der Waals surface area contributed by atoms with Crippen molar-refractivity contribution in [3.8, 4) is 0 Å². The number of rotatable bonds is 4. The van der Waals surface area contributed by atoms with Gasteiger partial charge in [-0.05, 0) is 18.4 Å². The molecule has 1 heterocycles. The van der Waals surface area contributed by atoms with Crippen LogP contribution in [0.1, 0.15) is 12.0 Å². The predicted octanol–water partition coefficient (Wildman–Crippen LogP) is 1.54. The van der Waals surface area contributed by atoms with Crippen molar-refractivity contribution in [3.63, 3.8) is 0 Å². The summed E-state index contributed by atoms with van der Waals surface area (Å²) in [5, 5.41) is 2.64. The number of nitrogens with zero attached hydrogens (tertiary/aromatic N) is 1. The number of hydrogen-bond donors (Lipinski definition) is 1. The first kappa shape index (κ1) is 16.7. The van der Waals surface area contributed by atoms with Crippen LogP contribution in [0.4, 0.5) is 13.6 Å². The van der Waals surface area contributed by atoms with E-state index in [9.17, 15) is 22.0 Å². The summed E-state index contributed by atoms with van der Waals surface area (Å²) in [7, 11) is -1.48. The molecule has 1 N–H and O–H groups in total. The Morgan fingerprint density at radius 2 is 2.14 bits per heavy atom. The van der Waals surface area contributed by atoms with Gasteiger partial charge in [-0.25, -0.2) is 22.0 Å². The van der Waals surface area contributed by atoms with Crippen molar-refractivity contribution in [1.29, 1.82) is 0 Å². The van der Waals surface area contributed by atoms with Crippen molar-refractivity contribution >= 4 is 15.9 Å². The molecule has 0 radical (unpaired) electrons. The van der Waals surface area contributed by atoms with E-state index in [-0.39, 0.29) is 36.1 Å². The molecule has 2 rings (SSSR count). The van der Waals surface area contributed by atoms with E-state index in [1.807, 2.05) is 0 Å². The van der Waals surface area contributed by atoms with E-state index in [1.165, 1.54) is 18.0 Å². The Labute approximate surface area is 128 Å². The molecule has 22 heavy (non-hydrogen) atoms. The molecular weight excluding hydrogens is 314 g/mol. The summed E-state index contributed by atoms with van der Waals surface area (Å²) in [6, 6.07) is 2.77. The third-order valence-corrected chi connectivity index (χ3v) is 5.48. The van der Waals surface area contributed by atoms with Crippen molar-refractivity contribution in [3.05, 3.63) is 35.4 Å². The van der Waals surface area contributed by atoms with Crippen LogP contribution in [0.3, 0.4) is 0 Å². The van der Waals surface area contributed by atoms with Gasteiger partial charge in [0.25, 0.3) is 0 Å². The lowest BCUT2D eigenvalue weighted by atomic mass is 10.1. The van der Waals surface area contributed by atoms with Gasteiger partial charge < -0.3 is 10.2 Å². The first-order chi connectivity index (χ1) is 10.3.